The van der Waals surface area contributed by atoms with Gasteiger partial charge in [-0.3, -0.25) is 19.0 Å². The van der Waals surface area contributed by atoms with E-state index in [2.05, 4.69) is 10.3 Å². The number of primary amides is 1. The first-order valence-corrected chi connectivity index (χ1v) is 12.1. The highest BCUT2D eigenvalue weighted by Gasteiger charge is 2.22. The first-order chi connectivity index (χ1) is 16.4. The Balaban J connectivity index is 1.65. The van der Waals surface area contributed by atoms with Crippen molar-refractivity contribution in [3.8, 4) is 5.75 Å². The quantitative estimate of drug-likeness (QED) is 0.285. The van der Waals surface area contributed by atoms with Crippen LogP contribution in [0, 0.1) is 0 Å². The summed E-state index contributed by atoms with van der Waals surface area (Å²) in [6, 6.07) is 16.1. The number of thioether (sulfide) groups is 1. The Morgan fingerprint density at radius 1 is 1.18 bits per heavy atom. The Morgan fingerprint density at radius 3 is 2.62 bits per heavy atom. The summed E-state index contributed by atoms with van der Waals surface area (Å²) in [5.41, 5.74) is 6.89. The van der Waals surface area contributed by atoms with Crippen molar-refractivity contribution in [3.63, 3.8) is 0 Å². The largest absolute Gasteiger partial charge is 0.497 e. The van der Waals surface area contributed by atoms with Gasteiger partial charge in [0.25, 0.3) is 11.5 Å². The van der Waals surface area contributed by atoms with E-state index in [1.54, 1.807) is 48.2 Å². The first kappa shape index (κ1) is 23.5. The number of methoxy groups -OCH3 is 1. The lowest BCUT2D eigenvalue weighted by Crippen LogP contribution is -2.27. The predicted octanol–water partition coefficient (Wildman–Crippen LogP) is 3.73. The molecule has 0 aliphatic rings. The third-order valence-electron chi connectivity index (χ3n) is 5.15. The molecule has 0 aliphatic heterocycles. The monoisotopic (exact) mass is 494 g/mol. The maximum atomic E-state index is 13.3. The van der Waals surface area contributed by atoms with Crippen molar-refractivity contribution in [1.82, 2.24) is 9.55 Å². The molecule has 4 aromatic rings. The van der Waals surface area contributed by atoms with E-state index in [0.717, 1.165) is 11.3 Å². The summed E-state index contributed by atoms with van der Waals surface area (Å²) in [7, 11) is 1.59. The fourth-order valence-electron chi connectivity index (χ4n) is 3.32. The number of aromatic nitrogens is 2. The fraction of sp³-hybridized carbons (Fsp3) is 0.167. The standard InChI is InChI=1S/C24H22N4O4S2/c1-14(21(30)27-22-18(20(25)29)11-12-33-22)34-24-26-19-6-4-3-5-17(19)23(31)28(24)13-15-7-9-16(32-2)10-8-15/h3-12,14H,13H2,1-2H3,(H2,25,29)(H,27,30). The van der Waals surface area contributed by atoms with Crippen LogP contribution in [0.4, 0.5) is 5.00 Å². The van der Waals surface area contributed by atoms with Crippen molar-refractivity contribution in [2.75, 3.05) is 12.4 Å². The van der Waals surface area contributed by atoms with Gasteiger partial charge >= 0.3 is 0 Å². The van der Waals surface area contributed by atoms with Gasteiger partial charge in [0.15, 0.2) is 5.16 Å². The number of ether oxygens (including phenoxy) is 1. The molecule has 0 radical (unpaired) electrons. The second-order valence-corrected chi connectivity index (χ2v) is 9.65. The van der Waals surface area contributed by atoms with Gasteiger partial charge in [0.2, 0.25) is 5.91 Å². The van der Waals surface area contributed by atoms with Gasteiger partial charge in [-0.05, 0) is 48.2 Å². The highest BCUT2D eigenvalue weighted by Crippen LogP contribution is 2.27. The molecule has 4 rings (SSSR count). The summed E-state index contributed by atoms with van der Waals surface area (Å²) in [6.07, 6.45) is 0. The zero-order valence-corrected chi connectivity index (χ0v) is 20.1. The molecule has 0 bridgehead atoms. The van der Waals surface area contributed by atoms with E-state index < -0.39 is 11.2 Å². The molecule has 1 atom stereocenters. The fourth-order valence-corrected chi connectivity index (χ4v) is 5.02. The van der Waals surface area contributed by atoms with Crippen LogP contribution in [-0.2, 0) is 11.3 Å². The molecule has 10 heteroatoms. The molecule has 2 heterocycles. The summed E-state index contributed by atoms with van der Waals surface area (Å²) in [5, 5.41) is 5.16. The highest BCUT2D eigenvalue weighted by molar-refractivity contribution is 8.00. The van der Waals surface area contributed by atoms with Crippen LogP contribution in [0.25, 0.3) is 10.9 Å². The number of nitrogens with zero attached hydrogens (tertiary/aromatic N) is 2. The average Bonchev–Trinajstić information content (AvgIpc) is 3.30. The molecule has 0 saturated heterocycles. The number of hydrogen-bond donors (Lipinski definition) is 2. The Hall–Kier alpha value is -3.63. The molecule has 0 saturated carbocycles. The SMILES string of the molecule is COc1ccc(Cn2c(SC(C)C(=O)Nc3sccc3C(N)=O)nc3ccccc3c2=O)cc1. The predicted molar refractivity (Wildman–Crippen MR) is 135 cm³/mol. The van der Waals surface area contributed by atoms with E-state index in [0.29, 0.717) is 21.1 Å². The minimum Gasteiger partial charge on any atom is -0.497 e. The van der Waals surface area contributed by atoms with Gasteiger partial charge in [0, 0.05) is 0 Å². The van der Waals surface area contributed by atoms with Gasteiger partial charge in [-0.1, -0.05) is 36.0 Å². The van der Waals surface area contributed by atoms with Crippen molar-refractivity contribution in [2.45, 2.75) is 23.9 Å². The van der Waals surface area contributed by atoms with Crippen molar-refractivity contribution < 1.29 is 14.3 Å². The minimum atomic E-state index is -0.610. The van der Waals surface area contributed by atoms with Gasteiger partial charge in [-0.2, -0.15) is 0 Å². The molecule has 3 N–H and O–H groups in total. The Kier molecular flexibility index (Phi) is 6.99. The summed E-state index contributed by atoms with van der Waals surface area (Å²) in [5.74, 6) is -0.216. The lowest BCUT2D eigenvalue weighted by molar-refractivity contribution is -0.115. The number of benzene rings is 2. The number of fused-ring (bicyclic) bond motifs is 1. The maximum Gasteiger partial charge on any atom is 0.262 e. The first-order valence-electron chi connectivity index (χ1n) is 10.3. The number of hydrogen-bond acceptors (Lipinski definition) is 7. The molecule has 0 aliphatic carbocycles. The summed E-state index contributed by atoms with van der Waals surface area (Å²) >= 11 is 2.39. The molecule has 8 nitrogen and oxygen atoms in total. The molecule has 34 heavy (non-hydrogen) atoms. The minimum absolute atomic E-state index is 0.189. The number of carbonyl (C=O) groups excluding carboxylic acids is 2. The molecule has 2 aromatic carbocycles. The third-order valence-corrected chi connectivity index (χ3v) is 7.07. The number of nitrogens with two attached hydrogens (primary N) is 1. The van der Waals surface area contributed by atoms with Crippen LogP contribution in [0.15, 0.2) is 69.9 Å². The van der Waals surface area contributed by atoms with Gasteiger partial charge in [0.05, 0.1) is 35.4 Å². The van der Waals surface area contributed by atoms with Crippen LogP contribution in [-0.4, -0.2) is 33.7 Å². The lowest BCUT2D eigenvalue weighted by atomic mass is 10.2. The molecule has 0 spiro atoms. The second-order valence-electron chi connectivity index (χ2n) is 7.43. The van der Waals surface area contributed by atoms with E-state index in [1.165, 1.54) is 23.1 Å². The zero-order chi connectivity index (χ0) is 24.2. The van der Waals surface area contributed by atoms with Gasteiger partial charge < -0.3 is 15.8 Å². The van der Waals surface area contributed by atoms with Gasteiger partial charge in [-0.15, -0.1) is 11.3 Å². The number of nitrogens with one attached hydrogen (secondary N) is 1. The molecule has 2 amide bonds. The molecule has 2 aromatic heterocycles. The second kappa shape index (κ2) is 10.1. The zero-order valence-electron chi connectivity index (χ0n) is 18.5. The highest BCUT2D eigenvalue weighted by atomic mass is 32.2. The Morgan fingerprint density at radius 2 is 1.91 bits per heavy atom. The van der Waals surface area contributed by atoms with E-state index in [1.807, 2.05) is 30.3 Å². The van der Waals surface area contributed by atoms with Crippen LogP contribution in [0.5, 0.6) is 5.75 Å². The molecular formula is C24H22N4O4S2. The number of carbonyl (C=O) groups is 2. The van der Waals surface area contributed by atoms with Crippen molar-refractivity contribution in [1.29, 1.82) is 0 Å². The van der Waals surface area contributed by atoms with E-state index in [-0.39, 0.29) is 23.6 Å². The smallest absolute Gasteiger partial charge is 0.262 e. The van der Waals surface area contributed by atoms with Crippen LogP contribution >= 0.6 is 23.1 Å². The molecular weight excluding hydrogens is 472 g/mol. The van der Waals surface area contributed by atoms with Crippen LogP contribution in [0.2, 0.25) is 0 Å². The van der Waals surface area contributed by atoms with E-state index in [4.69, 9.17) is 10.5 Å². The summed E-state index contributed by atoms with van der Waals surface area (Å²) in [4.78, 5) is 42.5. The topological polar surface area (TPSA) is 116 Å². The van der Waals surface area contributed by atoms with Crippen molar-refractivity contribution >= 4 is 50.8 Å². The number of para-hydroxylation sites is 1. The molecule has 0 fully saturated rings. The summed E-state index contributed by atoms with van der Waals surface area (Å²) < 4.78 is 6.78. The Labute approximate surface area is 203 Å². The number of amides is 2. The van der Waals surface area contributed by atoms with E-state index >= 15 is 0 Å². The average molecular weight is 495 g/mol. The van der Waals surface area contributed by atoms with Crippen LogP contribution in [0.3, 0.4) is 0 Å². The summed E-state index contributed by atoms with van der Waals surface area (Å²) in [6.45, 7) is 2.00. The van der Waals surface area contributed by atoms with Gasteiger partial charge in [-0.25, -0.2) is 4.98 Å². The normalized spacial score (nSPS) is 11.8. The molecule has 174 valence electrons. The van der Waals surface area contributed by atoms with Crippen LogP contribution in [0.1, 0.15) is 22.8 Å². The maximum absolute atomic E-state index is 13.3. The molecule has 1 unspecified atom stereocenters. The Bertz CT molecular complexity index is 1410. The van der Waals surface area contributed by atoms with Crippen LogP contribution < -0.4 is 21.3 Å². The number of rotatable bonds is 8. The van der Waals surface area contributed by atoms with Crippen molar-refractivity contribution in [2.24, 2.45) is 5.73 Å². The number of thiophene rings is 1. The number of anilines is 1. The van der Waals surface area contributed by atoms with Crippen molar-refractivity contribution in [3.05, 3.63) is 81.5 Å². The lowest BCUT2D eigenvalue weighted by Gasteiger charge is -2.16. The van der Waals surface area contributed by atoms with Gasteiger partial charge in [0.1, 0.15) is 10.8 Å². The van der Waals surface area contributed by atoms with E-state index in [9.17, 15) is 14.4 Å². The third kappa shape index (κ3) is 4.97.